The molecule has 160 valence electrons. The molecule has 0 saturated carbocycles. The van der Waals surface area contributed by atoms with Gasteiger partial charge in [-0.05, 0) is 61.6 Å². The van der Waals surface area contributed by atoms with Crippen LogP contribution in [0.4, 0.5) is 5.95 Å². The van der Waals surface area contributed by atoms with E-state index in [2.05, 4.69) is 20.2 Å². The van der Waals surface area contributed by atoms with Gasteiger partial charge in [0, 0.05) is 36.6 Å². The number of benzene rings is 2. The number of hydrogen-bond acceptors (Lipinski definition) is 5. The molecular weight excluding hydrogens is 388 g/mol. The predicted molar refractivity (Wildman–Crippen MR) is 122 cm³/mol. The van der Waals surface area contributed by atoms with E-state index >= 15 is 0 Å². The topological polar surface area (TPSA) is 67.3 Å². The summed E-state index contributed by atoms with van der Waals surface area (Å²) in [7, 11) is 1.64. The van der Waals surface area contributed by atoms with Gasteiger partial charge in [-0.1, -0.05) is 24.3 Å². The van der Waals surface area contributed by atoms with Gasteiger partial charge in [0.25, 0.3) is 5.91 Å². The zero-order chi connectivity index (χ0) is 21.6. The number of piperidine rings is 1. The van der Waals surface area contributed by atoms with Crippen LogP contribution in [0.3, 0.4) is 0 Å². The highest BCUT2D eigenvalue weighted by Crippen LogP contribution is 2.23. The zero-order valence-corrected chi connectivity index (χ0v) is 18.0. The lowest BCUT2D eigenvalue weighted by Gasteiger charge is -2.26. The molecule has 1 amide bonds. The van der Waals surface area contributed by atoms with Crippen molar-refractivity contribution < 1.29 is 9.53 Å². The molecule has 0 aliphatic carbocycles. The number of carbonyl (C=O) groups is 1. The van der Waals surface area contributed by atoms with E-state index in [1.54, 1.807) is 7.11 Å². The number of anilines is 1. The molecular formula is C25H28N4O2. The number of methoxy groups -OCH3 is 1. The lowest BCUT2D eigenvalue weighted by atomic mass is 10.0. The molecule has 1 saturated heterocycles. The SMILES string of the molecule is COc1cccc([C@@H](C)NC(=O)c2cccc(-c3cnc(N4CCCCC4)nc3)c2)c1. The van der Waals surface area contributed by atoms with E-state index in [0.717, 1.165) is 41.5 Å². The van der Waals surface area contributed by atoms with E-state index in [0.29, 0.717) is 5.56 Å². The van der Waals surface area contributed by atoms with Gasteiger partial charge in [0.1, 0.15) is 5.75 Å². The molecule has 0 spiro atoms. The zero-order valence-electron chi connectivity index (χ0n) is 18.0. The van der Waals surface area contributed by atoms with Gasteiger partial charge in [-0.2, -0.15) is 0 Å². The number of nitrogens with one attached hydrogen (secondary N) is 1. The monoisotopic (exact) mass is 416 g/mol. The van der Waals surface area contributed by atoms with Crippen LogP contribution in [0.1, 0.15) is 48.1 Å². The van der Waals surface area contributed by atoms with Crippen molar-refractivity contribution in [3.63, 3.8) is 0 Å². The summed E-state index contributed by atoms with van der Waals surface area (Å²) in [6, 6.07) is 15.1. The maximum atomic E-state index is 12.8. The first-order valence-electron chi connectivity index (χ1n) is 10.8. The Kier molecular flexibility index (Phi) is 6.46. The summed E-state index contributed by atoms with van der Waals surface area (Å²) in [6.07, 6.45) is 7.34. The summed E-state index contributed by atoms with van der Waals surface area (Å²) >= 11 is 0. The molecule has 1 atom stereocenters. The van der Waals surface area contributed by atoms with Gasteiger partial charge in [-0.3, -0.25) is 4.79 Å². The van der Waals surface area contributed by atoms with Crippen molar-refractivity contribution in [1.29, 1.82) is 0 Å². The first kappa shape index (κ1) is 20.8. The van der Waals surface area contributed by atoms with E-state index in [1.165, 1.54) is 19.3 Å². The number of nitrogens with zero attached hydrogens (tertiary/aromatic N) is 3. The van der Waals surface area contributed by atoms with E-state index in [-0.39, 0.29) is 11.9 Å². The fourth-order valence-corrected chi connectivity index (χ4v) is 3.84. The molecule has 1 aliphatic heterocycles. The standard InChI is InChI=1S/C25H28N4O2/c1-18(19-8-7-11-23(15-19)31-2)28-24(30)21-10-6-9-20(14-21)22-16-26-25(27-17-22)29-12-4-3-5-13-29/h6-11,14-18H,3-5,12-13H2,1-2H3,(H,28,30)/t18-/m1/s1. The fraction of sp³-hybridized carbons (Fsp3) is 0.320. The number of rotatable bonds is 6. The summed E-state index contributed by atoms with van der Waals surface area (Å²) in [5.41, 5.74) is 3.42. The Hall–Kier alpha value is -3.41. The third-order valence-electron chi connectivity index (χ3n) is 5.68. The summed E-state index contributed by atoms with van der Waals surface area (Å²) in [5, 5.41) is 3.06. The highest BCUT2D eigenvalue weighted by atomic mass is 16.5. The molecule has 31 heavy (non-hydrogen) atoms. The van der Waals surface area contributed by atoms with Crippen LogP contribution in [0.5, 0.6) is 5.75 Å². The predicted octanol–water partition coefficient (Wildman–Crippen LogP) is 4.63. The molecule has 6 nitrogen and oxygen atoms in total. The summed E-state index contributed by atoms with van der Waals surface area (Å²) < 4.78 is 5.28. The second kappa shape index (κ2) is 9.60. The molecule has 2 aromatic carbocycles. The summed E-state index contributed by atoms with van der Waals surface area (Å²) in [4.78, 5) is 24.2. The molecule has 6 heteroatoms. The minimum atomic E-state index is -0.140. The van der Waals surface area contributed by atoms with Gasteiger partial charge in [0.2, 0.25) is 5.95 Å². The first-order valence-corrected chi connectivity index (χ1v) is 10.8. The second-order valence-electron chi connectivity index (χ2n) is 7.87. The maximum absolute atomic E-state index is 12.8. The Labute approximate surface area is 183 Å². The van der Waals surface area contributed by atoms with E-state index in [4.69, 9.17) is 4.74 Å². The van der Waals surface area contributed by atoms with Gasteiger partial charge < -0.3 is 15.0 Å². The number of aromatic nitrogens is 2. The van der Waals surface area contributed by atoms with Crippen LogP contribution in [0.25, 0.3) is 11.1 Å². The Morgan fingerprint density at radius 1 is 1.00 bits per heavy atom. The number of carbonyl (C=O) groups excluding carboxylic acids is 1. The highest BCUT2D eigenvalue weighted by Gasteiger charge is 2.15. The molecule has 1 N–H and O–H groups in total. The second-order valence-corrected chi connectivity index (χ2v) is 7.87. The van der Waals surface area contributed by atoms with Crippen molar-refractivity contribution in [2.24, 2.45) is 0 Å². The van der Waals surface area contributed by atoms with Gasteiger partial charge in [-0.15, -0.1) is 0 Å². The number of amides is 1. The van der Waals surface area contributed by atoms with Crippen molar-refractivity contribution in [2.75, 3.05) is 25.1 Å². The van der Waals surface area contributed by atoms with Gasteiger partial charge in [0.15, 0.2) is 0 Å². The normalized spacial score (nSPS) is 14.7. The van der Waals surface area contributed by atoms with E-state index < -0.39 is 0 Å². The molecule has 1 fully saturated rings. The smallest absolute Gasteiger partial charge is 0.251 e. The minimum absolute atomic E-state index is 0.122. The molecule has 1 aliphatic rings. The molecule has 3 aromatic rings. The van der Waals surface area contributed by atoms with Crippen LogP contribution in [-0.2, 0) is 0 Å². The van der Waals surface area contributed by atoms with Crippen molar-refractivity contribution in [3.8, 4) is 16.9 Å². The number of ether oxygens (including phenoxy) is 1. The maximum Gasteiger partial charge on any atom is 0.251 e. The Morgan fingerprint density at radius 3 is 2.48 bits per heavy atom. The Balaban J connectivity index is 1.46. The van der Waals surface area contributed by atoms with Gasteiger partial charge in [-0.25, -0.2) is 9.97 Å². The van der Waals surface area contributed by atoms with Crippen molar-refractivity contribution in [3.05, 3.63) is 72.1 Å². The van der Waals surface area contributed by atoms with Crippen LogP contribution < -0.4 is 15.0 Å². The van der Waals surface area contributed by atoms with Crippen LogP contribution in [0.15, 0.2) is 60.9 Å². The van der Waals surface area contributed by atoms with Crippen molar-refractivity contribution in [2.45, 2.75) is 32.2 Å². The molecule has 1 aromatic heterocycles. The minimum Gasteiger partial charge on any atom is -0.497 e. The molecule has 0 bridgehead atoms. The van der Waals surface area contributed by atoms with E-state index in [9.17, 15) is 4.79 Å². The lowest BCUT2D eigenvalue weighted by Crippen LogP contribution is -2.30. The average molecular weight is 417 g/mol. The largest absolute Gasteiger partial charge is 0.497 e. The van der Waals surface area contributed by atoms with E-state index in [1.807, 2.05) is 67.8 Å². The third-order valence-corrected chi connectivity index (χ3v) is 5.68. The average Bonchev–Trinajstić information content (AvgIpc) is 2.84. The molecule has 0 radical (unpaired) electrons. The third kappa shape index (κ3) is 5.02. The quantitative estimate of drug-likeness (QED) is 0.634. The first-order chi connectivity index (χ1) is 15.1. The lowest BCUT2D eigenvalue weighted by molar-refractivity contribution is 0.0940. The molecule has 2 heterocycles. The summed E-state index contributed by atoms with van der Waals surface area (Å²) in [5.74, 6) is 1.43. The van der Waals surface area contributed by atoms with Crippen molar-refractivity contribution in [1.82, 2.24) is 15.3 Å². The van der Waals surface area contributed by atoms with Crippen LogP contribution in [0, 0.1) is 0 Å². The Bertz CT molecular complexity index is 1030. The van der Waals surface area contributed by atoms with Gasteiger partial charge in [0.05, 0.1) is 13.2 Å². The molecule has 0 unspecified atom stereocenters. The Morgan fingerprint density at radius 2 is 1.74 bits per heavy atom. The van der Waals surface area contributed by atoms with Crippen LogP contribution in [0.2, 0.25) is 0 Å². The fourth-order valence-electron chi connectivity index (χ4n) is 3.84. The molecule has 4 rings (SSSR count). The van der Waals surface area contributed by atoms with Crippen molar-refractivity contribution >= 4 is 11.9 Å². The van der Waals surface area contributed by atoms with Crippen LogP contribution >= 0.6 is 0 Å². The summed E-state index contributed by atoms with van der Waals surface area (Å²) in [6.45, 7) is 3.99. The van der Waals surface area contributed by atoms with Crippen LogP contribution in [-0.4, -0.2) is 36.1 Å². The number of hydrogen-bond donors (Lipinski definition) is 1. The highest BCUT2D eigenvalue weighted by molar-refractivity contribution is 5.95. The van der Waals surface area contributed by atoms with Gasteiger partial charge >= 0.3 is 0 Å².